The second kappa shape index (κ2) is 7.30. The van der Waals surface area contributed by atoms with Gasteiger partial charge in [0, 0.05) is 12.6 Å². The highest BCUT2D eigenvalue weighted by Crippen LogP contribution is 2.17. The fraction of sp³-hybridized carbons (Fsp3) is 0.250. The predicted molar refractivity (Wildman–Crippen MR) is 95.8 cm³/mol. The number of likely N-dealkylation sites (N-methyl/N-ethyl adjacent to an activating group) is 1. The number of aryl methyl sites for hydroxylation is 2. The molecule has 0 aliphatic carbocycles. The second-order valence-corrected chi connectivity index (χ2v) is 6.29. The molecule has 2 aromatic carbocycles. The van der Waals surface area contributed by atoms with Gasteiger partial charge in [0.15, 0.2) is 0 Å². The third-order valence-corrected chi connectivity index (χ3v) is 4.02. The lowest BCUT2D eigenvalue weighted by molar-refractivity contribution is -0.130. The number of amides is 1. The van der Waals surface area contributed by atoms with Crippen LogP contribution in [0.5, 0.6) is 0 Å². The summed E-state index contributed by atoms with van der Waals surface area (Å²) in [6, 6.07) is 15.9. The summed E-state index contributed by atoms with van der Waals surface area (Å²) in [5, 5.41) is 4.01. The molecule has 0 unspecified atom stereocenters. The Balaban J connectivity index is 1.64. The van der Waals surface area contributed by atoms with Gasteiger partial charge in [-0.2, -0.15) is 4.98 Å². The van der Waals surface area contributed by atoms with Crippen molar-refractivity contribution in [3.63, 3.8) is 0 Å². The molecule has 1 aromatic heterocycles. The zero-order valence-corrected chi connectivity index (χ0v) is 14.7. The van der Waals surface area contributed by atoms with Gasteiger partial charge in [-0.3, -0.25) is 4.79 Å². The van der Waals surface area contributed by atoms with E-state index in [1.165, 1.54) is 5.56 Å². The molecule has 0 aliphatic rings. The summed E-state index contributed by atoms with van der Waals surface area (Å²) >= 11 is 0. The summed E-state index contributed by atoms with van der Waals surface area (Å²) in [6.07, 6.45) is 0.357. The minimum absolute atomic E-state index is 0.0131. The van der Waals surface area contributed by atoms with Crippen molar-refractivity contribution in [3.8, 4) is 11.4 Å². The molecule has 0 atom stereocenters. The van der Waals surface area contributed by atoms with Gasteiger partial charge in [-0.25, -0.2) is 0 Å². The van der Waals surface area contributed by atoms with Gasteiger partial charge < -0.3 is 9.42 Å². The summed E-state index contributed by atoms with van der Waals surface area (Å²) in [7, 11) is 1.74. The Kier molecular flexibility index (Phi) is 4.93. The Labute approximate surface area is 147 Å². The number of carbonyl (C=O) groups excluding carboxylic acids is 1. The number of nitrogens with zero attached hydrogens (tertiary/aromatic N) is 3. The molecule has 25 heavy (non-hydrogen) atoms. The standard InChI is InChI=1S/C20H21N3O2/c1-14-7-9-16(10-8-14)12-19(24)23(3)13-18-21-20(22-25-18)17-6-4-5-15(2)11-17/h4-11H,12-13H2,1-3H3. The molecule has 3 rings (SSSR count). The fourth-order valence-corrected chi connectivity index (χ4v) is 2.53. The quantitative estimate of drug-likeness (QED) is 0.715. The van der Waals surface area contributed by atoms with E-state index < -0.39 is 0 Å². The Morgan fingerprint density at radius 1 is 1.08 bits per heavy atom. The molecule has 1 amide bonds. The van der Waals surface area contributed by atoms with Crippen molar-refractivity contribution >= 4 is 5.91 Å². The van der Waals surface area contributed by atoms with E-state index in [9.17, 15) is 4.79 Å². The SMILES string of the molecule is Cc1ccc(CC(=O)N(C)Cc2nc(-c3cccc(C)c3)no2)cc1. The van der Waals surface area contributed by atoms with E-state index >= 15 is 0 Å². The molecule has 0 saturated heterocycles. The van der Waals surface area contributed by atoms with Crippen LogP contribution in [0.1, 0.15) is 22.6 Å². The first-order chi connectivity index (χ1) is 12.0. The highest BCUT2D eigenvalue weighted by Gasteiger charge is 2.15. The van der Waals surface area contributed by atoms with Crippen molar-refractivity contribution in [1.82, 2.24) is 15.0 Å². The van der Waals surface area contributed by atoms with Gasteiger partial charge >= 0.3 is 0 Å². The molecule has 0 bridgehead atoms. The molecular weight excluding hydrogens is 314 g/mol. The Bertz CT molecular complexity index is 869. The maximum absolute atomic E-state index is 12.4. The first-order valence-electron chi connectivity index (χ1n) is 8.20. The summed E-state index contributed by atoms with van der Waals surface area (Å²) in [5.74, 6) is 0.980. The normalized spacial score (nSPS) is 10.7. The lowest BCUT2D eigenvalue weighted by Gasteiger charge is -2.14. The molecule has 0 radical (unpaired) electrons. The summed E-state index contributed by atoms with van der Waals surface area (Å²) < 4.78 is 5.29. The molecule has 0 spiro atoms. The number of hydrogen-bond donors (Lipinski definition) is 0. The molecule has 0 fully saturated rings. The van der Waals surface area contributed by atoms with Gasteiger partial charge in [0.2, 0.25) is 17.6 Å². The van der Waals surface area contributed by atoms with Crippen LogP contribution in [-0.2, 0) is 17.8 Å². The molecular formula is C20H21N3O2. The van der Waals surface area contributed by atoms with Crippen LogP contribution in [-0.4, -0.2) is 28.0 Å². The topological polar surface area (TPSA) is 59.2 Å². The van der Waals surface area contributed by atoms with Crippen LogP contribution < -0.4 is 0 Å². The van der Waals surface area contributed by atoms with Crippen LogP contribution in [0, 0.1) is 13.8 Å². The predicted octanol–water partition coefficient (Wildman–Crippen LogP) is 3.55. The van der Waals surface area contributed by atoms with Crippen molar-refractivity contribution in [1.29, 1.82) is 0 Å². The first-order valence-corrected chi connectivity index (χ1v) is 8.20. The average molecular weight is 335 g/mol. The molecule has 0 aliphatic heterocycles. The third kappa shape index (κ3) is 4.32. The molecule has 0 saturated carbocycles. The molecule has 1 heterocycles. The average Bonchev–Trinajstić information content (AvgIpc) is 3.05. The van der Waals surface area contributed by atoms with Crippen LogP contribution in [0.4, 0.5) is 0 Å². The van der Waals surface area contributed by atoms with Gasteiger partial charge in [0.25, 0.3) is 0 Å². The minimum atomic E-state index is 0.0131. The summed E-state index contributed by atoms with van der Waals surface area (Å²) in [4.78, 5) is 18.4. The largest absolute Gasteiger partial charge is 0.337 e. The lowest BCUT2D eigenvalue weighted by Crippen LogP contribution is -2.27. The van der Waals surface area contributed by atoms with E-state index in [-0.39, 0.29) is 5.91 Å². The van der Waals surface area contributed by atoms with Crippen molar-refractivity contribution in [3.05, 3.63) is 71.1 Å². The smallest absolute Gasteiger partial charge is 0.246 e. The monoisotopic (exact) mass is 335 g/mol. The number of benzene rings is 2. The highest BCUT2D eigenvalue weighted by molar-refractivity contribution is 5.78. The number of rotatable bonds is 5. The Hall–Kier alpha value is -2.95. The van der Waals surface area contributed by atoms with E-state index in [4.69, 9.17) is 4.52 Å². The Morgan fingerprint density at radius 2 is 1.84 bits per heavy atom. The third-order valence-electron chi connectivity index (χ3n) is 4.02. The van der Waals surface area contributed by atoms with Gasteiger partial charge in [0.05, 0.1) is 13.0 Å². The molecule has 128 valence electrons. The maximum Gasteiger partial charge on any atom is 0.246 e. The van der Waals surface area contributed by atoms with Gasteiger partial charge in [-0.15, -0.1) is 0 Å². The molecule has 3 aromatic rings. The molecule has 5 heteroatoms. The van der Waals surface area contributed by atoms with Crippen LogP contribution in [0.2, 0.25) is 0 Å². The second-order valence-electron chi connectivity index (χ2n) is 6.29. The van der Waals surface area contributed by atoms with Crippen molar-refractivity contribution in [2.45, 2.75) is 26.8 Å². The highest BCUT2D eigenvalue weighted by atomic mass is 16.5. The first kappa shape index (κ1) is 16.9. The van der Waals surface area contributed by atoms with Gasteiger partial charge in [-0.05, 0) is 25.5 Å². The van der Waals surface area contributed by atoms with E-state index in [0.29, 0.717) is 24.7 Å². The number of aromatic nitrogens is 2. The maximum atomic E-state index is 12.4. The lowest BCUT2D eigenvalue weighted by atomic mass is 10.1. The summed E-state index contributed by atoms with van der Waals surface area (Å²) in [5.41, 5.74) is 4.21. The zero-order valence-electron chi connectivity index (χ0n) is 14.7. The van der Waals surface area contributed by atoms with Crippen molar-refractivity contribution < 1.29 is 9.32 Å². The van der Waals surface area contributed by atoms with E-state index in [0.717, 1.165) is 16.7 Å². The van der Waals surface area contributed by atoms with Gasteiger partial charge in [-0.1, -0.05) is 58.7 Å². The van der Waals surface area contributed by atoms with E-state index in [2.05, 4.69) is 10.1 Å². The van der Waals surface area contributed by atoms with Gasteiger partial charge in [0.1, 0.15) is 0 Å². The van der Waals surface area contributed by atoms with Crippen LogP contribution in [0.25, 0.3) is 11.4 Å². The zero-order chi connectivity index (χ0) is 17.8. The van der Waals surface area contributed by atoms with Crippen molar-refractivity contribution in [2.75, 3.05) is 7.05 Å². The molecule has 5 nitrogen and oxygen atoms in total. The fourth-order valence-electron chi connectivity index (χ4n) is 2.53. The Morgan fingerprint density at radius 3 is 2.56 bits per heavy atom. The minimum Gasteiger partial charge on any atom is -0.337 e. The van der Waals surface area contributed by atoms with E-state index in [1.54, 1.807) is 11.9 Å². The summed E-state index contributed by atoms with van der Waals surface area (Å²) in [6.45, 7) is 4.34. The van der Waals surface area contributed by atoms with Crippen molar-refractivity contribution in [2.24, 2.45) is 0 Å². The number of hydrogen-bond acceptors (Lipinski definition) is 4. The van der Waals surface area contributed by atoms with Crippen LogP contribution in [0.3, 0.4) is 0 Å². The van der Waals surface area contributed by atoms with Crippen LogP contribution >= 0.6 is 0 Å². The molecule has 0 N–H and O–H groups in total. The van der Waals surface area contributed by atoms with Crippen LogP contribution in [0.15, 0.2) is 53.1 Å². The van der Waals surface area contributed by atoms with E-state index in [1.807, 2.05) is 62.4 Å². The number of carbonyl (C=O) groups is 1.